The zero-order valence-corrected chi connectivity index (χ0v) is 26.8. The molecule has 0 spiro atoms. The lowest BCUT2D eigenvalue weighted by atomic mass is 9.95. The standard InChI is InChI=1S/C35H39N5O7/c1-20(42)40-27-11-9-21-16-31(45-2)33(46-3)34(47-4)32(21)24-10-12-28(30(43)17-25(24)27)36-13-14-37-35(44)29(39-19-41)15-22-18-38-26-8-6-5-7-23(22)26/h5-8,10,12,16-19,27,29,38H,9,11,13-15H2,1-4H3,(H,36,43)(H,37,44)(H,39,41)(H,40,42)/t27-,29-/m0/s1. The van der Waals surface area contributed by atoms with Crippen molar-refractivity contribution in [2.45, 2.75) is 38.3 Å². The van der Waals surface area contributed by atoms with Crippen LogP contribution in [0.25, 0.3) is 22.0 Å². The number of fused-ring (bicyclic) bond motifs is 4. The second-order valence-corrected chi connectivity index (χ2v) is 11.2. The van der Waals surface area contributed by atoms with Crippen LogP contribution in [0.2, 0.25) is 0 Å². The summed E-state index contributed by atoms with van der Waals surface area (Å²) in [6.07, 6.45) is 3.80. The van der Waals surface area contributed by atoms with Crippen LogP contribution in [-0.2, 0) is 27.2 Å². The highest BCUT2D eigenvalue weighted by Crippen LogP contribution is 2.50. The van der Waals surface area contributed by atoms with Gasteiger partial charge in [-0.1, -0.05) is 24.3 Å². The molecular formula is C35H39N5O7. The fourth-order valence-corrected chi connectivity index (χ4v) is 6.19. The van der Waals surface area contributed by atoms with Crippen molar-refractivity contribution in [2.75, 3.05) is 39.7 Å². The summed E-state index contributed by atoms with van der Waals surface area (Å²) >= 11 is 0. The van der Waals surface area contributed by atoms with Crippen LogP contribution in [0.4, 0.5) is 5.69 Å². The van der Waals surface area contributed by atoms with Gasteiger partial charge in [0, 0.05) is 49.1 Å². The molecule has 3 amide bonds. The molecule has 5 N–H and O–H groups in total. The number of ether oxygens (including phenoxy) is 3. The van der Waals surface area contributed by atoms with Gasteiger partial charge in [-0.2, -0.15) is 0 Å². The molecule has 12 heteroatoms. The van der Waals surface area contributed by atoms with Gasteiger partial charge < -0.3 is 40.5 Å². The largest absolute Gasteiger partial charge is 0.493 e. The van der Waals surface area contributed by atoms with Crippen LogP contribution >= 0.6 is 0 Å². The van der Waals surface area contributed by atoms with Gasteiger partial charge in [-0.25, -0.2) is 0 Å². The number of carbonyl (C=O) groups excluding carboxylic acids is 3. The monoisotopic (exact) mass is 641 g/mol. The van der Waals surface area contributed by atoms with E-state index in [4.69, 9.17) is 14.2 Å². The first-order chi connectivity index (χ1) is 22.8. The first-order valence-corrected chi connectivity index (χ1v) is 15.3. The molecule has 1 aliphatic carbocycles. The SMILES string of the molecule is COc1cc2c(c(OC)c1OC)-c1ccc(NCCNC(=O)[C@H](Cc3c[nH]c4ccccc34)NC=O)c(=O)cc1[C@@H](NC(C)=O)CC2. The lowest BCUT2D eigenvalue weighted by molar-refractivity contribution is -0.125. The van der Waals surface area contributed by atoms with E-state index in [9.17, 15) is 19.2 Å². The Bertz CT molecular complexity index is 1850. The van der Waals surface area contributed by atoms with Crippen molar-refractivity contribution in [1.82, 2.24) is 20.9 Å². The Kier molecular flexibility index (Phi) is 10.3. The number of aromatic amines is 1. The average Bonchev–Trinajstić information content (AvgIpc) is 3.33. The molecule has 0 fully saturated rings. The highest BCUT2D eigenvalue weighted by molar-refractivity contribution is 5.87. The molecule has 0 saturated carbocycles. The number of aryl methyl sites for hydroxylation is 1. The fraction of sp³-hybridized carbons (Fsp3) is 0.314. The van der Waals surface area contributed by atoms with Gasteiger partial charge >= 0.3 is 0 Å². The van der Waals surface area contributed by atoms with Crippen molar-refractivity contribution in [1.29, 1.82) is 0 Å². The number of hydrogen-bond acceptors (Lipinski definition) is 8. The highest BCUT2D eigenvalue weighted by atomic mass is 16.5. The van der Waals surface area contributed by atoms with Crippen molar-refractivity contribution >= 4 is 34.8 Å². The minimum absolute atomic E-state index is 0.198. The van der Waals surface area contributed by atoms with Gasteiger partial charge in [0.05, 0.1) is 33.1 Å². The van der Waals surface area contributed by atoms with E-state index in [1.807, 2.05) is 42.6 Å². The number of nitrogens with one attached hydrogen (secondary N) is 5. The molecule has 2 atom stereocenters. The summed E-state index contributed by atoms with van der Waals surface area (Å²) in [6, 6.07) is 13.5. The lowest BCUT2D eigenvalue weighted by Crippen LogP contribution is -2.46. The quantitative estimate of drug-likeness (QED) is 0.110. The van der Waals surface area contributed by atoms with Gasteiger partial charge in [-0.15, -0.1) is 0 Å². The summed E-state index contributed by atoms with van der Waals surface area (Å²) in [4.78, 5) is 53.3. The minimum Gasteiger partial charge on any atom is -0.493 e. The van der Waals surface area contributed by atoms with Crippen LogP contribution in [0.5, 0.6) is 17.2 Å². The lowest BCUT2D eigenvalue weighted by Gasteiger charge is -2.19. The van der Waals surface area contributed by atoms with Crippen LogP contribution in [-0.4, -0.2) is 63.7 Å². The molecule has 0 aliphatic heterocycles. The molecule has 0 saturated heterocycles. The molecule has 3 aromatic carbocycles. The Morgan fingerprint density at radius 1 is 1.02 bits per heavy atom. The van der Waals surface area contributed by atoms with E-state index in [1.54, 1.807) is 20.3 Å². The topological polar surface area (TPSA) is 160 Å². The number of carbonyl (C=O) groups is 3. The van der Waals surface area contributed by atoms with Gasteiger partial charge in [-0.05, 0) is 59.4 Å². The normalized spacial score (nSPS) is 14.1. The van der Waals surface area contributed by atoms with E-state index in [0.29, 0.717) is 59.7 Å². The van der Waals surface area contributed by atoms with Gasteiger partial charge in [0.1, 0.15) is 6.04 Å². The summed E-state index contributed by atoms with van der Waals surface area (Å²) in [7, 11) is 4.64. The third kappa shape index (κ3) is 7.01. The number of anilines is 1. The maximum absolute atomic E-state index is 13.5. The second kappa shape index (κ2) is 14.7. The second-order valence-electron chi connectivity index (χ2n) is 11.2. The van der Waals surface area contributed by atoms with E-state index in [2.05, 4.69) is 26.3 Å². The van der Waals surface area contributed by atoms with E-state index in [1.165, 1.54) is 20.1 Å². The van der Waals surface area contributed by atoms with Crippen LogP contribution in [0.15, 0.2) is 59.5 Å². The summed E-state index contributed by atoms with van der Waals surface area (Å²) < 4.78 is 17.1. The third-order valence-corrected chi connectivity index (χ3v) is 8.34. The van der Waals surface area contributed by atoms with Gasteiger partial charge in [-0.3, -0.25) is 19.2 Å². The van der Waals surface area contributed by atoms with Gasteiger partial charge in [0.25, 0.3) is 0 Å². The van der Waals surface area contributed by atoms with Crippen LogP contribution in [0.3, 0.4) is 0 Å². The number of hydrogen-bond donors (Lipinski definition) is 5. The van der Waals surface area contributed by atoms with Crippen molar-refractivity contribution < 1.29 is 28.6 Å². The molecule has 1 aromatic heterocycles. The summed E-state index contributed by atoms with van der Waals surface area (Å²) in [5.41, 5.74) is 4.94. The number of benzene rings is 2. The molecule has 246 valence electrons. The van der Waals surface area contributed by atoms with Crippen molar-refractivity contribution in [2.24, 2.45) is 0 Å². The number of H-pyrrole nitrogens is 1. The molecule has 0 radical (unpaired) electrons. The number of rotatable bonds is 13. The molecule has 1 aliphatic rings. The Morgan fingerprint density at radius 3 is 2.53 bits per heavy atom. The fourth-order valence-electron chi connectivity index (χ4n) is 6.19. The molecule has 4 aromatic rings. The first-order valence-electron chi connectivity index (χ1n) is 15.3. The summed E-state index contributed by atoms with van der Waals surface area (Å²) in [5.74, 6) is 0.849. The Balaban J connectivity index is 1.37. The maximum atomic E-state index is 13.5. The number of methoxy groups -OCH3 is 3. The van der Waals surface area contributed by atoms with E-state index in [0.717, 1.165) is 27.6 Å². The zero-order valence-electron chi connectivity index (χ0n) is 26.8. The summed E-state index contributed by atoms with van der Waals surface area (Å²) in [5, 5.41) is 12.6. The molecular weight excluding hydrogens is 602 g/mol. The Hall–Kier alpha value is -5.52. The van der Waals surface area contributed by atoms with Crippen molar-refractivity contribution in [3.63, 3.8) is 0 Å². The van der Waals surface area contributed by atoms with Crippen LogP contribution in [0, 0.1) is 0 Å². The molecule has 5 rings (SSSR count). The maximum Gasteiger partial charge on any atom is 0.242 e. The van der Waals surface area contributed by atoms with Crippen LogP contribution in [0.1, 0.15) is 36.1 Å². The molecule has 12 nitrogen and oxygen atoms in total. The predicted octanol–water partition coefficient (Wildman–Crippen LogP) is 3.23. The smallest absolute Gasteiger partial charge is 0.242 e. The van der Waals surface area contributed by atoms with Crippen molar-refractivity contribution in [3.05, 3.63) is 81.6 Å². The molecule has 47 heavy (non-hydrogen) atoms. The van der Waals surface area contributed by atoms with E-state index >= 15 is 0 Å². The molecule has 1 heterocycles. The Labute approximate surface area is 272 Å². The third-order valence-electron chi connectivity index (χ3n) is 8.34. The molecule has 0 bridgehead atoms. The van der Waals surface area contributed by atoms with Crippen molar-refractivity contribution in [3.8, 4) is 28.4 Å². The van der Waals surface area contributed by atoms with Gasteiger partial charge in [0.15, 0.2) is 11.5 Å². The van der Waals surface area contributed by atoms with E-state index < -0.39 is 12.1 Å². The highest BCUT2D eigenvalue weighted by Gasteiger charge is 2.29. The average molecular weight is 642 g/mol. The number of para-hydroxylation sites is 1. The van der Waals surface area contributed by atoms with Crippen LogP contribution < -0.4 is 40.9 Å². The first kappa shape index (κ1) is 32.9. The van der Waals surface area contributed by atoms with Gasteiger partial charge in [0.2, 0.25) is 29.4 Å². The summed E-state index contributed by atoms with van der Waals surface area (Å²) in [6.45, 7) is 1.89. The minimum atomic E-state index is -0.775. The zero-order chi connectivity index (χ0) is 33.5. The van der Waals surface area contributed by atoms with E-state index in [-0.39, 0.29) is 30.3 Å². The molecule has 0 unspecified atom stereocenters. The predicted molar refractivity (Wildman–Crippen MR) is 179 cm³/mol. The Morgan fingerprint density at radius 2 is 1.81 bits per heavy atom. The number of aromatic nitrogens is 1. The number of amides is 3.